The number of imidazole rings is 1. The van der Waals surface area contributed by atoms with Crippen LogP contribution >= 0.6 is 27.5 Å². The molecule has 0 fully saturated rings. The van der Waals surface area contributed by atoms with Gasteiger partial charge in [0.05, 0.1) is 6.33 Å². The third-order valence-electron chi connectivity index (χ3n) is 1.29. The van der Waals surface area contributed by atoms with Gasteiger partial charge in [-0.2, -0.15) is 4.37 Å². The van der Waals surface area contributed by atoms with Crippen LogP contribution < -0.4 is 0 Å². The summed E-state index contributed by atoms with van der Waals surface area (Å²) in [5.41, 5.74) is 0.951. The third kappa shape index (κ3) is 0.705. The first-order valence-electron chi connectivity index (χ1n) is 2.71. The Balaban J connectivity index is 2.95. The zero-order valence-electron chi connectivity index (χ0n) is 5.21. The van der Waals surface area contributed by atoms with Crippen LogP contribution in [0.15, 0.2) is 10.9 Å². The zero-order chi connectivity index (χ0) is 7.14. The van der Waals surface area contributed by atoms with Gasteiger partial charge in [0.25, 0.3) is 0 Å². The molecular weight excluding hydrogens is 214 g/mol. The second-order valence-electron chi connectivity index (χ2n) is 1.98. The Morgan fingerprint density at radius 1 is 1.70 bits per heavy atom. The van der Waals surface area contributed by atoms with Crippen LogP contribution in [-0.4, -0.2) is 13.9 Å². The highest BCUT2D eigenvalue weighted by atomic mass is 79.9. The van der Waals surface area contributed by atoms with E-state index in [-0.39, 0.29) is 0 Å². The highest BCUT2D eigenvalue weighted by Crippen LogP contribution is 2.24. The normalized spacial score (nSPS) is 11.0. The highest BCUT2D eigenvalue weighted by molar-refractivity contribution is 9.10. The van der Waals surface area contributed by atoms with Gasteiger partial charge in [0.15, 0.2) is 0 Å². The molecule has 3 nitrogen and oxygen atoms in total. The van der Waals surface area contributed by atoms with Crippen LogP contribution in [0.25, 0.3) is 10.3 Å². The lowest BCUT2D eigenvalue weighted by atomic mass is 10.6. The molecule has 2 rings (SSSR count). The molecule has 0 spiro atoms. The second kappa shape index (κ2) is 2.03. The van der Waals surface area contributed by atoms with Crippen molar-refractivity contribution in [3.63, 3.8) is 0 Å². The van der Waals surface area contributed by atoms with E-state index < -0.39 is 0 Å². The Labute approximate surface area is 70.0 Å². The maximum atomic E-state index is 4.14. The zero-order valence-corrected chi connectivity index (χ0v) is 7.61. The van der Waals surface area contributed by atoms with Crippen LogP contribution in [0.5, 0.6) is 0 Å². The molecule has 2 aromatic heterocycles. The van der Waals surface area contributed by atoms with Crippen molar-refractivity contribution in [2.75, 3.05) is 0 Å². The van der Waals surface area contributed by atoms with Gasteiger partial charge >= 0.3 is 0 Å². The van der Waals surface area contributed by atoms with E-state index in [1.165, 1.54) is 11.5 Å². The van der Waals surface area contributed by atoms with Gasteiger partial charge in [0.2, 0.25) is 0 Å². The summed E-state index contributed by atoms with van der Waals surface area (Å²) >= 11 is 4.75. The van der Waals surface area contributed by atoms with Gasteiger partial charge in [-0.15, -0.1) is 0 Å². The second-order valence-corrected chi connectivity index (χ2v) is 3.49. The Morgan fingerprint density at radius 3 is 3.20 bits per heavy atom. The van der Waals surface area contributed by atoms with Gasteiger partial charge in [0.1, 0.15) is 15.0 Å². The first-order chi connectivity index (χ1) is 4.79. The molecule has 0 aliphatic carbocycles. The topological polar surface area (TPSA) is 30.7 Å². The van der Waals surface area contributed by atoms with E-state index in [0.29, 0.717) is 0 Å². The van der Waals surface area contributed by atoms with Crippen LogP contribution in [0.3, 0.4) is 0 Å². The summed E-state index contributed by atoms with van der Waals surface area (Å²) in [5.74, 6) is 0. The van der Waals surface area contributed by atoms with Crippen molar-refractivity contribution in [2.45, 2.75) is 0 Å². The molecule has 0 aromatic carbocycles. The highest BCUT2D eigenvalue weighted by Gasteiger charge is 2.06. The lowest BCUT2D eigenvalue weighted by Gasteiger charge is -1.82. The smallest absolute Gasteiger partial charge is 0.147 e. The van der Waals surface area contributed by atoms with E-state index in [9.17, 15) is 0 Å². The van der Waals surface area contributed by atoms with Gasteiger partial charge in [0, 0.05) is 7.05 Å². The lowest BCUT2D eigenvalue weighted by Crippen LogP contribution is -1.78. The van der Waals surface area contributed by atoms with Gasteiger partial charge in [-0.1, -0.05) is 0 Å². The summed E-state index contributed by atoms with van der Waals surface area (Å²) in [7, 11) is 1.96. The quantitative estimate of drug-likeness (QED) is 0.674. The standard InChI is InChI=1S/C5H4BrN3S/c1-9-2-7-3-4(6)8-10-5(3)9/h2H,1H3. The lowest BCUT2D eigenvalue weighted by molar-refractivity contribution is 0.954. The number of halogens is 1. The van der Waals surface area contributed by atoms with E-state index >= 15 is 0 Å². The summed E-state index contributed by atoms with van der Waals surface area (Å²) < 4.78 is 6.89. The number of fused-ring (bicyclic) bond motifs is 1. The van der Waals surface area contributed by atoms with Crippen molar-refractivity contribution in [3.05, 3.63) is 10.9 Å². The predicted molar refractivity (Wildman–Crippen MR) is 44.1 cm³/mol. The molecule has 0 aliphatic rings. The molecule has 2 aromatic rings. The van der Waals surface area contributed by atoms with E-state index in [4.69, 9.17) is 0 Å². The van der Waals surface area contributed by atoms with Crippen LogP contribution in [0.1, 0.15) is 0 Å². The minimum atomic E-state index is 0.841. The number of hydrogen-bond acceptors (Lipinski definition) is 3. The molecule has 5 heteroatoms. The fourth-order valence-corrected chi connectivity index (χ4v) is 2.10. The molecule has 10 heavy (non-hydrogen) atoms. The van der Waals surface area contributed by atoms with E-state index in [1.807, 2.05) is 11.6 Å². The minimum Gasteiger partial charge on any atom is -0.324 e. The Kier molecular flexibility index (Phi) is 1.28. The summed E-state index contributed by atoms with van der Waals surface area (Å²) in [6.45, 7) is 0. The number of aromatic nitrogens is 3. The summed E-state index contributed by atoms with van der Waals surface area (Å²) in [6, 6.07) is 0. The van der Waals surface area contributed by atoms with Gasteiger partial charge in [-0.25, -0.2) is 4.98 Å². The molecule has 0 saturated heterocycles. The van der Waals surface area contributed by atoms with Crippen molar-refractivity contribution < 1.29 is 0 Å². The predicted octanol–water partition coefficient (Wildman–Crippen LogP) is 1.79. The number of nitrogens with zero attached hydrogens (tertiary/aromatic N) is 3. The van der Waals surface area contributed by atoms with E-state index in [2.05, 4.69) is 25.3 Å². The molecule has 0 amide bonds. The molecule has 52 valence electrons. The Hall–Kier alpha value is -0.420. The average Bonchev–Trinajstić information content (AvgIpc) is 2.41. The Bertz CT molecular complexity index is 328. The fourth-order valence-electron chi connectivity index (χ4n) is 0.795. The number of rotatable bonds is 0. The van der Waals surface area contributed by atoms with Gasteiger partial charge in [-0.3, -0.25) is 0 Å². The molecule has 0 bridgehead atoms. The number of hydrogen-bond donors (Lipinski definition) is 0. The van der Waals surface area contributed by atoms with Crippen molar-refractivity contribution >= 4 is 37.8 Å². The van der Waals surface area contributed by atoms with Crippen LogP contribution in [0, 0.1) is 0 Å². The Morgan fingerprint density at radius 2 is 2.50 bits per heavy atom. The molecule has 0 unspecified atom stereocenters. The third-order valence-corrected chi connectivity index (χ3v) is 3.01. The van der Waals surface area contributed by atoms with Crippen molar-refractivity contribution in [2.24, 2.45) is 7.05 Å². The van der Waals surface area contributed by atoms with Crippen LogP contribution in [0.4, 0.5) is 0 Å². The molecule has 0 saturated carbocycles. The first-order valence-corrected chi connectivity index (χ1v) is 4.28. The van der Waals surface area contributed by atoms with Gasteiger partial charge < -0.3 is 4.57 Å². The van der Waals surface area contributed by atoms with E-state index in [0.717, 1.165) is 15.0 Å². The maximum absolute atomic E-state index is 4.14. The molecule has 0 N–H and O–H groups in total. The summed E-state index contributed by atoms with van der Waals surface area (Å²) in [4.78, 5) is 5.25. The SMILES string of the molecule is Cn1cnc2c(Br)nsc21. The molecule has 2 heterocycles. The molecular formula is C5H4BrN3S. The average molecular weight is 218 g/mol. The summed E-state index contributed by atoms with van der Waals surface area (Å²) in [6.07, 6.45) is 1.79. The van der Waals surface area contributed by atoms with Crippen molar-refractivity contribution in [1.29, 1.82) is 0 Å². The maximum Gasteiger partial charge on any atom is 0.147 e. The molecule has 0 aliphatic heterocycles. The first kappa shape index (κ1) is 6.30. The summed E-state index contributed by atoms with van der Waals surface area (Å²) in [5, 5.41) is 0. The molecule has 0 radical (unpaired) electrons. The van der Waals surface area contributed by atoms with Crippen molar-refractivity contribution in [3.8, 4) is 0 Å². The number of aryl methyl sites for hydroxylation is 1. The van der Waals surface area contributed by atoms with Crippen LogP contribution in [0.2, 0.25) is 0 Å². The largest absolute Gasteiger partial charge is 0.324 e. The monoisotopic (exact) mass is 217 g/mol. The van der Waals surface area contributed by atoms with E-state index in [1.54, 1.807) is 6.33 Å². The fraction of sp³-hybridized carbons (Fsp3) is 0.200. The van der Waals surface area contributed by atoms with Crippen LogP contribution in [-0.2, 0) is 7.05 Å². The van der Waals surface area contributed by atoms with Crippen molar-refractivity contribution in [1.82, 2.24) is 13.9 Å². The molecule has 0 atom stereocenters. The van der Waals surface area contributed by atoms with Gasteiger partial charge in [-0.05, 0) is 27.5 Å². The minimum absolute atomic E-state index is 0.841.